The lowest BCUT2D eigenvalue weighted by Crippen LogP contribution is -2.83. The molecule has 0 fully saturated rings. The third kappa shape index (κ3) is 3.74. The monoisotopic (exact) mass is 372 g/mol. The van der Waals surface area contributed by atoms with Crippen LogP contribution in [0.25, 0.3) is 0 Å². The zero-order chi connectivity index (χ0) is 16.7. The fraction of sp³-hybridized carbons (Fsp3) is 0.750. The van der Waals surface area contributed by atoms with Crippen LogP contribution < -0.4 is 0 Å². The molecule has 0 aliphatic rings. The highest BCUT2D eigenvalue weighted by Crippen LogP contribution is 2.40. The molecule has 0 nitrogen and oxygen atoms in total. The van der Waals surface area contributed by atoms with Gasteiger partial charge in [0.15, 0.2) is 0 Å². The highest BCUT2D eigenvalue weighted by Gasteiger charge is 2.61. The van der Waals surface area contributed by atoms with Crippen LogP contribution in [0.15, 0.2) is 12.1 Å². The van der Waals surface area contributed by atoms with Gasteiger partial charge in [-0.15, -0.1) is 11.3 Å². The lowest BCUT2D eigenvalue weighted by atomic mass is 10.4. The van der Waals surface area contributed by atoms with Crippen LogP contribution in [-0.4, -0.2) is 29.4 Å². The average Bonchev–Trinajstić information content (AvgIpc) is 2.67. The van der Waals surface area contributed by atoms with Gasteiger partial charge >= 0.3 is 0 Å². The molecular weight excluding hydrogens is 337 g/mol. The molecule has 0 spiro atoms. The van der Waals surface area contributed by atoms with Crippen LogP contribution in [0.4, 0.5) is 0 Å². The maximum atomic E-state index is 2.70. The van der Waals surface area contributed by atoms with Crippen LogP contribution in [0.3, 0.4) is 0 Å². The Hall–Kier alpha value is 0.568. The molecule has 1 rings (SSSR count). The van der Waals surface area contributed by atoms with E-state index in [2.05, 4.69) is 89.3 Å². The Morgan fingerprint density at radius 2 is 1.10 bits per heavy atom. The van der Waals surface area contributed by atoms with Gasteiger partial charge in [-0.25, -0.2) is 0 Å². The van der Waals surface area contributed by atoms with Crippen molar-refractivity contribution < 1.29 is 0 Å². The molecular formula is C16H36SSi4. The Balaban J connectivity index is 3.43. The Morgan fingerprint density at radius 1 is 0.714 bits per heavy atom. The van der Waals surface area contributed by atoms with E-state index in [1.807, 2.05) is 0 Å². The second-order valence-corrected chi connectivity index (χ2v) is 52.2. The van der Waals surface area contributed by atoms with Gasteiger partial charge in [0.2, 0.25) is 0 Å². The van der Waals surface area contributed by atoms with Crippen molar-refractivity contribution in [1.29, 1.82) is 0 Å². The summed E-state index contributed by atoms with van der Waals surface area (Å²) in [4.78, 5) is 3.29. The zero-order valence-electron chi connectivity index (χ0n) is 16.0. The van der Waals surface area contributed by atoms with Crippen molar-refractivity contribution >= 4 is 40.7 Å². The molecule has 1 heterocycles. The molecule has 0 radical (unpaired) electrons. The highest BCUT2D eigenvalue weighted by atomic mass is 32.1. The molecule has 5 heteroatoms. The molecule has 0 N–H and O–H groups in total. The average molecular weight is 373 g/mol. The standard InChI is InChI=1S/C16H36SSi4/c1-11-15-12-13-16(17-15)14-21(18(2,3)4,19(5,6)7)20(8,9)10/h12-13H,11,14H2,1-10H3. The maximum Gasteiger partial charge on any atom is 0.0430 e. The van der Waals surface area contributed by atoms with E-state index in [1.165, 1.54) is 12.5 Å². The minimum Gasteiger partial charge on any atom is -0.146 e. The number of rotatable bonds is 6. The summed E-state index contributed by atoms with van der Waals surface area (Å²) < 4.78 is 0. The first-order valence-corrected chi connectivity index (χ1v) is 24.9. The Kier molecular flexibility index (Phi) is 5.81. The van der Waals surface area contributed by atoms with Gasteiger partial charge in [-0.05, 0) is 24.6 Å². The van der Waals surface area contributed by atoms with Crippen LogP contribution in [0.2, 0.25) is 58.9 Å². The fourth-order valence-electron chi connectivity index (χ4n) is 5.14. The van der Waals surface area contributed by atoms with E-state index in [4.69, 9.17) is 0 Å². The minimum absolute atomic E-state index is 1.12. The van der Waals surface area contributed by atoms with Crippen LogP contribution >= 0.6 is 11.3 Å². The predicted molar refractivity (Wildman–Crippen MR) is 113 cm³/mol. The molecule has 0 amide bonds. The van der Waals surface area contributed by atoms with Crippen molar-refractivity contribution in [2.45, 2.75) is 78.3 Å². The van der Waals surface area contributed by atoms with Gasteiger partial charge in [-0.1, -0.05) is 65.8 Å². The lowest BCUT2D eigenvalue weighted by molar-refractivity contribution is 1.19. The summed E-state index contributed by atoms with van der Waals surface area (Å²) in [6.07, 6.45) is 1.20. The Bertz CT molecular complexity index is 436. The topological polar surface area (TPSA) is 0 Å². The van der Waals surface area contributed by atoms with Gasteiger partial charge in [0.05, 0.1) is 0 Å². The molecule has 0 aliphatic heterocycles. The van der Waals surface area contributed by atoms with E-state index in [0.717, 1.165) is 0 Å². The van der Waals surface area contributed by atoms with Gasteiger partial charge in [0.1, 0.15) is 0 Å². The summed E-state index contributed by atoms with van der Waals surface area (Å²) in [5, 5.41) is 0. The van der Waals surface area contributed by atoms with Gasteiger partial charge in [-0.3, -0.25) is 0 Å². The highest BCUT2D eigenvalue weighted by molar-refractivity contribution is 7.89. The number of hydrogen-bond acceptors (Lipinski definition) is 1. The molecule has 1 aromatic heterocycles. The van der Waals surface area contributed by atoms with Gasteiger partial charge in [0.25, 0.3) is 0 Å². The molecule has 0 atom stereocenters. The van der Waals surface area contributed by atoms with Gasteiger partial charge in [0, 0.05) is 39.2 Å². The second-order valence-electron chi connectivity index (χ2n) is 9.55. The largest absolute Gasteiger partial charge is 0.146 e. The first-order chi connectivity index (χ1) is 9.26. The van der Waals surface area contributed by atoms with Crippen LogP contribution in [0, 0.1) is 0 Å². The summed E-state index contributed by atoms with van der Waals surface area (Å²) >= 11 is 2.11. The van der Waals surface area contributed by atoms with E-state index < -0.39 is 29.4 Å². The van der Waals surface area contributed by atoms with Crippen molar-refractivity contribution in [2.24, 2.45) is 0 Å². The Labute approximate surface area is 140 Å². The quantitative estimate of drug-likeness (QED) is 0.530. The van der Waals surface area contributed by atoms with Crippen molar-refractivity contribution in [3.8, 4) is 0 Å². The third-order valence-electron chi connectivity index (χ3n) is 5.35. The summed E-state index contributed by atoms with van der Waals surface area (Å²) in [5.74, 6) is 0. The molecule has 0 bridgehead atoms. The van der Waals surface area contributed by atoms with Crippen molar-refractivity contribution in [2.75, 3.05) is 0 Å². The molecule has 21 heavy (non-hydrogen) atoms. The predicted octanol–water partition coefficient (Wildman–Crippen LogP) is 6.09. The van der Waals surface area contributed by atoms with E-state index in [1.54, 1.807) is 9.75 Å². The fourth-order valence-corrected chi connectivity index (χ4v) is 104. The van der Waals surface area contributed by atoms with Gasteiger partial charge < -0.3 is 0 Å². The third-order valence-corrected chi connectivity index (χ3v) is 80.6. The van der Waals surface area contributed by atoms with Crippen molar-refractivity contribution in [1.82, 2.24) is 0 Å². The van der Waals surface area contributed by atoms with Gasteiger partial charge in [-0.2, -0.15) is 0 Å². The summed E-state index contributed by atoms with van der Waals surface area (Å²) in [6.45, 7) is 25.4. The summed E-state index contributed by atoms with van der Waals surface area (Å²) in [6, 6.07) is 6.35. The molecule has 0 aliphatic carbocycles. The lowest BCUT2D eigenvalue weighted by Gasteiger charge is -2.57. The normalized spacial score (nSPS) is 14.6. The maximum absolute atomic E-state index is 2.70. The zero-order valence-corrected chi connectivity index (χ0v) is 20.8. The summed E-state index contributed by atoms with van der Waals surface area (Å²) in [7, 11) is -3.37. The van der Waals surface area contributed by atoms with E-state index in [9.17, 15) is 0 Å². The molecule has 0 unspecified atom stereocenters. The van der Waals surface area contributed by atoms with Crippen molar-refractivity contribution in [3.05, 3.63) is 21.9 Å². The van der Waals surface area contributed by atoms with Crippen LogP contribution in [0.5, 0.6) is 0 Å². The van der Waals surface area contributed by atoms with E-state index >= 15 is 0 Å². The first kappa shape index (κ1) is 19.6. The second kappa shape index (κ2) is 6.23. The molecule has 1 aromatic rings. The molecule has 0 aromatic carbocycles. The van der Waals surface area contributed by atoms with Crippen LogP contribution in [0.1, 0.15) is 16.7 Å². The number of hydrogen-bond donors (Lipinski definition) is 0. The molecule has 0 saturated carbocycles. The molecule has 122 valence electrons. The number of thiophene rings is 1. The first-order valence-electron chi connectivity index (χ1n) is 8.34. The number of aryl methyl sites for hydroxylation is 1. The van der Waals surface area contributed by atoms with E-state index in [-0.39, 0.29) is 0 Å². The minimum atomic E-state index is -1.21. The van der Waals surface area contributed by atoms with E-state index in [0.29, 0.717) is 0 Å². The van der Waals surface area contributed by atoms with Crippen LogP contribution in [-0.2, 0) is 12.5 Å². The SMILES string of the molecule is CCc1ccc(C[Si]([Si](C)(C)C)([Si](C)(C)C)[Si](C)(C)C)s1. The summed E-state index contributed by atoms with van der Waals surface area (Å²) in [5.41, 5.74) is 0. The van der Waals surface area contributed by atoms with Crippen molar-refractivity contribution in [3.63, 3.8) is 0 Å². The molecule has 0 saturated heterocycles. The smallest absolute Gasteiger partial charge is 0.0430 e. The Morgan fingerprint density at radius 3 is 1.38 bits per heavy atom.